The molecular weight excluding hydrogens is 324 g/mol. The molecule has 2 aromatic rings. The highest BCUT2D eigenvalue weighted by Gasteiger charge is 2.37. The van der Waals surface area contributed by atoms with Gasteiger partial charge in [0.15, 0.2) is 0 Å². The SMILES string of the molecule is C[C@@H]1CN(S(=O)(=O)c2cccc(C#N)c2)[C@@H](c2ccccc2)CO1. The first kappa shape index (κ1) is 16.7. The normalized spacial score (nSPS) is 22.0. The van der Waals surface area contributed by atoms with Gasteiger partial charge in [-0.2, -0.15) is 9.57 Å². The lowest BCUT2D eigenvalue weighted by molar-refractivity contribution is -0.0231. The standard InChI is InChI=1S/C18H18N2O3S/c1-14-12-20(18(13-23-14)16-7-3-2-4-8-16)24(21,22)17-9-5-6-15(10-17)11-19/h2-10,14,18H,12-13H2,1H3/t14-,18-/m1/s1. The van der Waals surface area contributed by atoms with Crippen molar-refractivity contribution < 1.29 is 13.2 Å². The van der Waals surface area contributed by atoms with Crippen LogP contribution in [0.25, 0.3) is 0 Å². The lowest BCUT2D eigenvalue weighted by Crippen LogP contribution is -2.46. The number of nitrogens with zero attached hydrogens (tertiary/aromatic N) is 2. The van der Waals surface area contributed by atoms with Crippen LogP contribution in [0.15, 0.2) is 59.5 Å². The van der Waals surface area contributed by atoms with E-state index in [4.69, 9.17) is 10.00 Å². The molecule has 1 aliphatic rings. The lowest BCUT2D eigenvalue weighted by Gasteiger charge is -2.37. The molecule has 1 aliphatic heterocycles. The van der Waals surface area contributed by atoms with Crippen LogP contribution >= 0.6 is 0 Å². The Labute approximate surface area is 142 Å². The van der Waals surface area contributed by atoms with Gasteiger partial charge >= 0.3 is 0 Å². The Kier molecular flexibility index (Phi) is 4.67. The van der Waals surface area contributed by atoms with Crippen LogP contribution in [0, 0.1) is 11.3 Å². The Morgan fingerprint density at radius 3 is 2.62 bits per heavy atom. The van der Waals surface area contributed by atoms with Crippen molar-refractivity contribution in [3.63, 3.8) is 0 Å². The van der Waals surface area contributed by atoms with E-state index in [0.29, 0.717) is 12.2 Å². The zero-order chi connectivity index (χ0) is 17.2. The molecule has 0 aromatic heterocycles. The summed E-state index contributed by atoms with van der Waals surface area (Å²) in [5, 5.41) is 9.03. The smallest absolute Gasteiger partial charge is 0.243 e. The third-order valence-electron chi connectivity index (χ3n) is 4.08. The number of ether oxygens (including phenoxy) is 1. The summed E-state index contributed by atoms with van der Waals surface area (Å²) in [6.07, 6.45) is -0.182. The van der Waals surface area contributed by atoms with Gasteiger partial charge in [-0.15, -0.1) is 0 Å². The van der Waals surface area contributed by atoms with Crippen LogP contribution in [-0.4, -0.2) is 32.0 Å². The molecule has 1 fully saturated rings. The predicted octanol–water partition coefficient (Wildman–Crippen LogP) is 2.71. The molecule has 1 heterocycles. The molecule has 2 atom stereocenters. The average molecular weight is 342 g/mol. The Bertz CT molecular complexity index is 859. The second-order valence-corrected chi connectivity index (χ2v) is 7.68. The largest absolute Gasteiger partial charge is 0.375 e. The summed E-state index contributed by atoms with van der Waals surface area (Å²) in [4.78, 5) is 0.136. The average Bonchev–Trinajstić information content (AvgIpc) is 2.62. The van der Waals surface area contributed by atoms with Crippen molar-refractivity contribution in [2.75, 3.05) is 13.2 Å². The first-order chi connectivity index (χ1) is 11.5. The number of benzene rings is 2. The first-order valence-corrected chi connectivity index (χ1v) is 9.15. The van der Waals surface area contributed by atoms with Crippen LogP contribution in [0.2, 0.25) is 0 Å². The highest BCUT2D eigenvalue weighted by atomic mass is 32.2. The fourth-order valence-electron chi connectivity index (χ4n) is 2.84. The minimum atomic E-state index is -3.72. The minimum Gasteiger partial charge on any atom is -0.375 e. The van der Waals surface area contributed by atoms with Gasteiger partial charge in [-0.05, 0) is 30.7 Å². The Hall–Kier alpha value is -2.20. The Balaban J connectivity index is 2.03. The molecule has 2 aromatic carbocycles. The number of rotatable bonds is 3. The summed E-state index contributed by atoms with van der Waals surface area (Å²) in [7, 11) is -3.72. The van der Waals surface area contributed by atoms with E-state index in [2.05, 4.69) is 0 Å². The van der Waals surface area contributed by atoms with Gasteiger partial charge in [-0.1, -0.05) is 36.4 Å². The third-order valence-corrected chi connectivity index (χ3v) is 5.95. The van der Waals surface area contributed by atoms with Crippen molar-refractivity contribution in [3.05, 3.63) is 65.7 Å². The molecule has 124 valence electrons. The maximum absolute atomic E-state index is 13.1. The second-order valence-electron chi connectivity index (χ2n) is 5.78. The monoisotopic (exact) mass is 342 g/mol. The highest BCUT2D eigenvalue weighted by Crippen LogP contribution is 2.32. The van der Waals surface area contributed by atoms with E-state index >= 15 is 0 Å². The quantitative estimate of drug-likeness (QED) is 0.860. The van der Waals surface area contributed by atoms with E-state index in [9.17, 15) is 8.42 Å². The lowest BCUT2D eigenvalue weighted by atomic mass is 10.1. The molecule has 0 unspecified atom stereocenters. The van der Waals surface area contributed by atoms with Gasteiger partial charge in [0.2, 0.25) is 10.0 Å². The van der Waals surface area contributed by atoms with E-state index < -0.39 is 10.0 Å². The summed E-state index contributed by atoms with van der Waals surface area (Å²) in [5.74, 6) is 0. The van der Waals surface area contributed by atoms with Crippen molar-refractivity contribution >= 4 is 10.0 Å². The highest BCUT2D eigenvalue weighted by molar-refractivity contribution is 7.89. The molecule has 0 spiro atoms. The van der Waals surface area contributed by atoms with Crippen LogP contribution in [0.5, 0.6) is 0 Å². The molecule has 0 aliphatic carbocycles. The number of hydrogen-bond acceptors (Lipinski definition) is 4. The van der Waals surface area contributed by atoms with Gasteiger partial charge in [0, 0.05) is 6.54 Å². The Morgan fingerprint density at radius 2 is 1.92 bits per heavy atom. The van der Waals surface area contributed by atoms with E-state index in [-0.39, 0.29) is 23.6 Å². The molecule has 24 heavy (non-hydrogen) atoms. The summed E-state index contributed by atoms with van der Waals surface area (Å²) in [6, 6.07) is 17.2. The molecule has 6 heteroatoms. The van der Waals surface area contributed by atoms with Crippen molar-refractivity contribution in [1.29, 1.82) is 5.26 Å². The van der Waals surface area contributed by atoms with E-state index in [1.54, 1.807) is 12.1 Å². The van der Waals surface area contributed by atoms with Crippen molar-refractivity contribution in [2.45, 2.75) is 24.0 Å². The van der Waals surface area contributed by atoms with Gasteiger partial charge in [0.25, 0.3) is 0 Å². The third kappa shape index (κ3) is 3.20. The van der Waals surface area contributed by atoms with Crippen LogP contribution in [0.4, 0.5) is 0 Å². The molecule has 0 bridgehead atoms. The maximum atomic E-state index is 13.1. The van der Waals surface area contributed by atoms with Crippen molar-refractivity contribution in [2.24, 2.45) is 0 Å². The topological polar surface area (TPSA) is 70.4 Å². The molecule has 3 rings (SSSR count). The fourth-order valence-corrected chi connectivity index (χ4v) is 4.56. The zero-order valence-corrected chi connectivity index (χ0v) is 14.1. The van der Waals surface area contributed by atoms with Gasteiger partial charge in [-0.3, -0.25) is 0 Å². The number of morpholine rings is 1. The molecule has 0 N–H and O–H groups in total. The summed E-state index contributed by atoms with van der Waals surface area (Å²) >= 11 is 0. The van der Waals surface area contributed by atoms with Crippen molar-refractivity contribution in [1.82, 2.24) is 4.31 Å². The molecule has 0 amide bonds. The number of nitriles is 1. The van der Waals surface area contributed by atoms with Crippen LogP contribution < -0.4 is 0 Å². The van der Waals surface area contributed by atoms with Gasteiger partial charge in [-0.25, -0.2) is 8.42 Å². The van der Waals surface area contributed by atoms with E-state index in [0.717, 1.165) is 5.56 Å². The van der Waals surface area contributed by atoms with E-state index in [1.807, 2.05) is 43.3 Å². The first-order valence-electron chi connectivity index (χ1n) is 7.71. The summed E-state index contributed by atoms with van der Waals surface area (Å²) < 4.78 is 33.5. The molecule has 0 radical (unpaired) electrons. The Morgan fingerprint density at radius 1 is 1.17 bits per heavy atom. The molecule has 0 saturated carbocycles. The van der Waals surface area contributed by atoms with Crippen LogP contribution in [-0.2, 0) is 14.8 Å². The molecular formula is C18H18N2O3S. The summed E-state index contributed by atoms with van der Waals surface area (Å²) in [6.45, 7) is 2.44. The number of sulfonamides is 1. The predicted molar refractivity (Wildman–Crippen MR) is 89.6 cm³/mol. The van der Waals surface area contributed by atoms with Gasteiger partial charge in [0.1, 0.15) is 0 Å². The van der Waals surface area contributed by atoms with Crippen LogP contribution in [0.3, 0.4) is 0 Å². The molecule has 5 nitrogen and oxygen atoms in total. The minimum absolute atomic E-state index is 0.136. The number of hydrogen-bond donors (Lipinski definition) is 0. The van der Waals surface area contributed by atoms with Gasteiger partial charge < -0.3 is 4.74 Å². The summed E-state index contributed by atoms with van der Waals surface area (Å²) in [5.41, 5.74) is 1.22. The van der Waals surface area contributed by atoms with Crippen molar-refractivity contribution in [3.8, 4) is 6.07 Å². The molecule has 1 saturated heterocycles. The van der Waals surface area contributed by atoms with E-state index in [1.165, 1.54) is 16.4 Å². The fraction of sp³-hybridized carbons (Fsp3) is 0.278. The maximum Gasteiger partial charge on any atom is 0.243 e. The van der Waals surface area contributed by atoms with Crippen LogP contribution in [0.1, 0.15) is 24.1 Å². The zero-order valence-electron chi connectivity index (χ0n) is 13.3. The second kappa shape index (κ2) is 6.73. The van der Waals surface area contributed by atoms with Gasteiger partial charge in [0.05, 0.1) is 35.3 Å².